The van der Waals surface area contributed by atoms with Crippen LogP contribution in [0.4, 0.5) is 5.69 Å². The number of hydrogen-bond acceptors (Lipinski definition) is 5. The zero-order chi connectivity index (χ0) is 25.1. The average molecular weight is 507 g/mol. The number of aliphatic imine (C=N–C) groups is 1. The van der Waals surface area contributed by atoms with Gasteiger partial charge in [-0.1, -0.05) is 41.4 Å². The Morgan fingerprint density at radius 3 is 2.49 bits per heavy atom. The molecule has 4 rings (SSSR count). The quantitative estimate of drug-likeness (QED) is 0.364. The Hall–Kier alpha value is -3.22. The molecule has 3 aromatic carbocycles. The molecule has 1 amide bonds. The highest BCUT2D eigenvalue weighted by Crippen LogP contribution is 2.34. The molecule has 0 radical (unpaired) electrons. The van der Waals surface area contributed by atoms with Gasteiger partial charge in [0.1, 0.15) is 6.61 Å². The number of halogens is 1. The van der Waals surface area contributed by atoms with Crippen LogP contribution < -0.4 is 14.8 Å². The van der Waals surface area contributed by atoms with Crippen molar-refractivity contribution < 1.29 is 14.3 Å². The summed E-state index contributed by atoms with van der Waals surface area (Å²) < 4.78 is 11.7. The number of rotatable bonds is 6. The Kier molecular flexibility index (Phi) is 7.53. The first-order chi connectivity index (χ1) is 16.7. The normalized spacial score (nSPS) is 15.5. The number of amidine groups is 1. The van der Waals surface area contributed by atoms with E-state index in [1.165, 1.54) is 34.0 Å². The molecule has 35 heavy (non-hydrogen) atoms. The van der Waals surface area contributed by atoms with Crippen molar-refractivity contribution in [2.75, 3.05) is 7.11 Å². The predicted octanol–water partition coefficient (Wildman–Crippen LogP) is 7.05. The molecule has 0 aliphatic carbocycles. The lowest BCUT2D eigenvalue weighted by atomic mass is 10.0. The first kappa shape index (κ1) is 24.9. The van der Waals surface area contributed by atoms with Gasteiger partial charge in [0.15, 0.2) is 16.7 Å². The average Bonchev–Trinajstić information content (AvgIpc) is 3.15. The van der Waals surface area contributed by atoms with Gasteiger partial charge in [0, 0.05) is 5.02 Å². The maximum Gasteiger partial charge on any atom is 0.264 e. The maximum absolute atomic E-state index is 12.5. The highest BCUT2D eigenvalue weighted by Gasteiger charge is 2.24. The molecule has 0 atom stereocenters. The van der Waals surface area contributed by atoms with Crippen LogP contribution in [0.3, 0.4) is 0 Å². The van der Waals surface area contributed by atoms with Crippen LogP contribution in [0.5, 0.6) is 11.5 Å². The van der Waals surface area contributed by atoms with Gasteiger partial charge >= 0.3 is 0 Å². The van der Waals surface area contributed by atoms with Crippen LogP contribution in [0.1, 0.15) is 33.4 Å². The number of hydrogen-bond donors (Lipinski definition) is 1. The molecule has 0 saturated carbocycles. The molecule has 1 aliphatic rings. The van der Waals surface area contributed by atoms with Crippen molar-refractivity contribution in [3.05, 3.63) is 91.8 Å². The molecule has 0 aromatic heterocycles. The van der Waals surface area contributed by atoms with Gasteiger partial charge in [0.05, 0.1) is 17.7 Å². The highest BCUT2D eigenvalue weighted by molar-refractivity contribution is 8.18. The first-order valence-corrected chi connectivity index (χ1v) is 12.4. The van der Waals surface area contributed by atoms with Crippen molar-refractivity contribution in [2.24, 2.45) is 4.99 Å². The fourth-order valence-electron chi connectivity index (χ4n) is 3.94. The summed E-state index contributed by atoms with van der Waals surface area (Å²) in [6, 6.07) is 15.5. The van der Waals surface area contributed by atoms with E-state index in [1.807, 2.05) is 49.4 Å². The fraction of sp³-hybridized carbons (Fsp3) is 0.214. The fourth-order valence-corrected chi connectivity index (χ4v) is 4.94. The number of amides is 1. The summed E-state index contributed by atoms with van der Waals surface area (Å²) in [4.78, 5) is 17.6. The number of benzene rings is 3. The smallest absolute Gasteiger partial charge is 0.264 e. The molecule has 180 valence electrons. The number of thioether (sulfide) groups is 1. The number of nitrogens with zero attached hydrogens (tertiary/aromatic N) is 1. The number of carbonyl (C=O) groups is 1. The predicted molar refractivity (Wildman–Crippen MR) is 145 cm³/mol. The van der Waals surface area contributed by atoms with E-state index in [9.17, 15) is 4.79 Å². The SMILES string of the molecule is COc1cc(/C=C2\SC(=Nc3cccc(Cl)c3C)NC2=O)ccc1OCc1c(C)cc(C)cc1C. The summed E-state index contributed by atoms with van der Waals surface area (Å²) >= 11 is 7.47. The van der Waals surface area contributed by atoms with E-state index >= 15 is 0 Å². The third kappa shape index (κ3) is 5.72. The van der Waals surface area contributed by atoms with E-state index in [0.29, 0.717) is 33.2 Å². The molecule has 7 heteroatoms. The second-order valence-electron chi connectivity index (χ2n) is 8.44. The molecule has 1 fully saturated rings. The minimum absolute atomic E-state index is 0.196. The third-order valence-electron chi connectivity index (χ3n) is 5.81. The minimum atomic E-state index is -0.196. The van der Waals surface area contributed by atoms with Crippen LogP contribution in [0.25, 0.3) is 6.08 Å². The third-order valence-corrected chi connectivity index (χ3v) is 7.13. The van der Waals surface area contributed by atoms with Gasteiger partial charge in [-0.05, 0) is 97.6 Å². The lowest BCUT2D eigenvalue weighted by molar-refractivity contribution is -0.115. The van der Waals surface area contributed by atoms with E-state index in [4.69, 9.17) is 21.1 Å². The molecule has 1 heterocycles. The van der Waals surface area contributed by atoms with Crippen LogP contribution in [-0.4, -0.2) is 18.2 Å². The Morgan fingerprint density at radius 1 is 1.03 bits per heavy atom. The zero-order valence-electron chi connectivity index (χ0n) is 20.4. The van der Waals surface area contributed by atoms with Crippen molar-refractivity contribution >= 4 is 46.2 Å². The van der Waals surface area contributed by atoms with Crippen molar-refractivity contribution in [3.63, 3.8) is 0 Å². The van der Waals surface area contributed by atoms with Crippen LogP contribution in [0, 0.1) is 27.7 Å². The number of carbonyl (C=O) groups excluding carboxylic acids is 1. The van der Waals surface area contributed by atoms with Gasteiger partial charge in [-0.15, -0.1) is 0 Å². The molecule has 3 aromatic rings. The maximum atomic E-state index is 12.5. The largest absolute Gasteiger partial charge is 0.493 e. The molecule has 0 bridgehead atoms. The number of aryl methyl sites for hydroxylation is 3. The summed E-state index contributed by atoms with van der Waals surface area (Å²) in [5.74, 6) is 1.06. The summed E-state index contributed by atoms with van der Waals surface area (Å²) in [5.41, 5.74) is 7.24. The van der Waals surface area contributed by atoms with Crippen molar-refractivity contribution in [1.29, 1.82) is 0 Å². The Balaban J connectivity index is 1.52. The number of methoxy groups -OCH3 is 1. The van der Waals surface area contributed by atoms with Gasteiger partial charge in [-0.2, -0.15) is 0 Å². The second-order valence-corrected chi connectivity index (χ2v) is 9.88. The van der Waals surface area contributed by atoms with Crippen molar-refractivity contribution in [1.82, 2.24) is 5.32 Å². The van der Waals surface area contributed by atoms with Gasteiger partial charge < -0.3 is 14.8 Å². The van der Waals surface area contributed by atoms with E-state index in [-0.39, 0.29) is 5.91 Å². The second kappa shape index (κ2) is 10.6. The number of ether oxygens (including phenoxy) is 2. The molecule has 1 N–H and O–H groups in total. The molecule has 1 saturated heterocycles. The van der Waals surface area contributed by atoms with Gasteiger partial charge in [-0.3, -0.25) is 4.79 Å². The van der Waals surface area contributed by atoms with Gasteiger partial charge in [0.25, 0.3) is 5.91 Å². The van der Waals surface area contributed by atoms with E-state index in [0.717, 1.165) is 16.8 Å². The topological polar surface area (TPSA) is 59.9 Å². The lowest BCUT2D eigenvalue weighted by Crippen LogP contribution is -2.19. The van der Waals surface area contributed by atoms with Crippen molar-refractivity contribution in [2.45, 2.75) is 34.3 Å². The first-order valence-electron chi connectivity index (χ1n) is 11.2. The monoisotopic (exact) mass is 506 g/mol. The summed E-state index contributed by atoms with van der Waals surface area (Å²) in [7, 11) is 1.61. The summed E-state index contributed by atoms with van der Waals surface area (Å²) in [5, 5.41) is 3.97. The van der Waals surface area contributed by atoms with Crippen LogP contribution in [0.2, 0.25) is 5.02 Å². The Labute approximate surface area is 215 Å². The zero-order valence-corrected chi connectivity index (χ0v) is 21.9. The molecule has 0 spiro atoms. The van der Waals surface area contributed by atoms with E-state index < -0.39 is 0 Å². The molecule has 1 aliphatic heterocycles. The van der Waals surface area contributed by atoms with E-state index in [2.05, 4.69) is 43.2 Å². The van der Waals surface area contributed by atoms with Gasteiger partial charge in [0.2, 0.25) is 0 Å². The van der Waals surface area contributed by atoms with Gasteiger partial charge in [-0.25, -0.2) is 4.99 Å². The van der Waals surface area contributed by atoms with Crippen LogP contribution in [-0.2, 0) is 11.4 Å². The summed E-state index contributed by atoms with van der Waals surface area (Å²) in [6.45, 7) is 8.64. The Morgan fingerprint density at radius 2 is 1.77 bits per heavy atom. The van der Waals surface area contributed by atoms with Crippen molar-refractivity contribution in [3.8, 4) is 11.5 Å². The molecule has 5 nitrogen and oxygen atoms in total. The van der Waals surface area contributed by atoms with Crippen LogP contribution >= 0.6 is 23.4 Å². The Bertz CT molecular complexity index is 1340. The van der Waals surface area contributed by atoms with E-state index in [1.54, 1.807) is 7.11 Å². The molecular formula is C28H27ClN2O3S. The standard InChI is InChI=1S/C28H27ClN2O3S/c1-16-11-17(2)21(18(3)12-16)15-34-24-10-9-20(13-25(24)33-5)14-26-27(32)31-28(35-26)30-23-8-6-7-22(29)19(23)4/h6-14H,15H2,1-5H3,(H,30,31,32)/b26-14-. The van der Waals surface area contributed by atoms with Crippen LogP contribution in [0.15, 0.2) is 58.4 Å². The lowest BCUT2D eigenvalue weighted by Gasteiger charge is -2.15. The highest BCUT2D eigenvalue weighted by atomic mass is 35.5. The summed E-state index contributed by atoms with van der Waals surface area (Å²) in [6.07, 6.45) is 1.81. The molecular weight excluding hydrogens is 480 g/mol. The molecule has 0 unspecified atom stereocenters. The number of nitrogens with one attached hydrogen (secondary N) is 1. The minimum Gasteiger partial charge on any atom is -0.493 e.